The molecule has 0 aromatic carbocycles. The minimum absolute atomic E-state index is 0. The summed E-state index contributed by atoms with van der Waals surface area (Å²) in [4.78, 5) is 0. The molecule has 3 heteroatoms. The fourth-order valence-electron chi connectivity index (χ4n) is 7.34. The molecule has 2 nitrogen and oxygen atoms in total. The fourth-order valence-corrected chi connectivity index (χ4v) is 7.34. The molecule has 0 aromatic rings. The van der Waals surface area contributed by atoms with Gasteiger partial charge < -0.3 is 33.6 Å². The van der Waals surface area contributed by atoms with Crippen molar-refractivity contribution in [3.05, 3.63) is 0 Å². The van der Waals surface area contributed by atoms with Crippen molar-refractivity contribution >= 4 is 0 Å². The number of aliphatic hydroxyl groups is 1. The van der Waals surface area contributed by atoms with Crippen LogP contribution in [0.25, 0.3) is 0 Å². The highest BCUT2D eigenvalue weighted by Gasteiger charge is 2.51. The second-order valence-electron chi connectivity index (χ2n) is 10.4. The third-order valence-electron chi connectivity index (χ3n) is 8.91. The van der Waals surface area contributed by atoms with Crippen LogP contribution in [0.4, 0.5) is 0 Å². The third-order valence-corrected chi connectivity index (χ3v) is 8.91. The zero-order valence-corrected chi connectivity index (χ0v) is 18.7. The van der Waals surface area contributed by atoms with E-state index in [4.69, 9.17) is 0 Å². The monoisotopic (exact) mass is 461 g/mol. The average Bonchev–Trinajstić information content (AvgIpc) is 3.22. The number of nitrogens with zero attached hydrogens (tertiary/aromatic N) is 1. The maximum absolute atomic E-state index is 12.0. The number of halogens is 1. The van der Waals surface area contributed by atoms with Crippen LogP contribution in [-0.4, -0.2) is 41.4 Å². The lowest BCUT2D eigenvalue weighted by atomic mass is 9.66. The molecule has 0 aromatic heterocycles. The molecule has 1 N–H and O–H groups in total. The highest BCUT2D eigenvalue weighted by atomic mass is 127. The maximum Gasteiger partial charge on any atom is 0.0891 e. The van der Waals surface area contributed by atoms with Gasteiger partial charge in [-0.2, -0.15) is 0 Å². The summed E-state index contributed by atoms with van der Waals surface area (Å²) in [5.41, 5.74) is -0.319. The van der Waals surface area contributed by atoms with E-state index in [1.54, 1.807) is 0 Å². The first-order valence-corrected chi connectivity index (χ1v) is 11.1. The highest BCUT2D eigenvalue weighted by Crippen LogP contribution is 2.50. The Kier molecular flexibility index (Phi) is 6.48. The zero-order chi connectivity index (χ0) is 16.8. The van der Waals surface area contributed by atoms with E-state index in [1.807, 2.05) is 0 Å². The Hall–Kier alpha value is 0.650. The van der Waals surface area contributed by atoms with Crippen LogP contribution < -0.4 is 24.0 Å². The fraction of sp³-hybridized carbons (Fsp3) is 1.00. The molecule has 2 heterocycles. The van der Waals surface area contributed by atoms with Crippen molar-refractivity contribution in [2.45, 2.75) is 108 Å². The summed E-state index contributed by atoms with van der Waals surface area (Å²) in [6, 6.07) is 1.72. The Morgan fingerprint density at radius 2 is 1.20 bits per heavy atom. The SMILES string of the molecule is C[N+]1(C)[C@@H]2CCC[C@H]1C[C@@H](CC(O)(C1CCCC1)C1CCCC1)C2.[I-]. The van der Waals surface area contributed by atoms with Gasteiger partial charge in [-0.25, -0.2) is 0 Å². The van der Waals surface area contributed by atoms with Crippen LogP contribution in [0.2, 0.25) is 0 Å². The van der Waals surface area contributed by atoms with E-state index in [9.17, 15) is 5.11 Å². The summed E-state index contributed by atoms with van der Waals surface area (Å²) >= 11 is 0. The number of quaternary nitrogens is 1. The highest BCUT2D eigenvalue weighted by molar-refractivity contribution is 4.99. The molecule has 0 radical (unpaired) electrons. The van der Waals surface area contributed by atoms with Gasteiger partial charge in [0.1, 0.15) is 0 Å². The van der Waals surface area contributed by atoms with Crippen LogP contribution in [0.1, 0.15) is 89.9 Å². The predicted molar refractivity (Wildman–Crippen MR) is 99.7 cm³/mol. The van der Waals surface area contributed by atoms with Crippen LogP contribution in [-0.2, 0) is 0 Å². The van der Waals surface area contributed by atoms with Crippen molar-refractivity contribution in [3.8, 4) is 0 Å². The van der Waals surface area contributed by atoms with E-state index in [2.05, 4.69) is 14.1 Å². The van der Waals surface area contributed by atoms with Crippen LogP contribution >= 0.6 is 0 Å². The van der Waals surface area contributed by atoms with Crippen molar-refractivity contribution in [1.29, 1.82) is 0 Å². The second kappa shape index (κ2) is 7.95. The Morgan fingerprint density at radius 1 is 0.760 bits per heavy atom. The molecule has 3 atom stereocenters. The van der Waals surface area contributed by atoms with Gasteiger partial charge in [0, 0.05) is 12.8 Å². The predicted octanol–water partition coefficient (Wildman–Crippen LogP) is 1.90. The quantitative estimate of drug-likeness (QED) is 0.501. The third kappa shape index (κ3) is 3.81. The summed E-state index contributed by atoms with van der Waals surface area (Å²) in [6.07, 6.45) is 18.8. The first-order chi connectivity index (χ1) is 11.5. The number of piperidine rings is 2. The van der Waals surface area contributed by atoms with Crippen LogP contribution in [0.3, 0.4) is 0 Å². The van der Waals surface area contributed by atoms with Gasteiger partial charge in [0.25, 0.3) is 0 Å². The van der Waals surface area contributed by atoms with Gasteiger partial charge in [0.2, 0.25) is 0 Å². The van der Waals surface area contributed by atoms with E-state index in [0.29, 0.717) is 11.8 Å². The van der Waals surface area contributed by atoms with Gasteiger partial charge in [-0.1, -0.05) is 25.7 Å². The maximum atomic E-state index is 12.0. The molecule has 4 fully saturated rings. The van der Waals surface area contributed by atoms with Gasteiger partial charge >= 0.3 is 0 Å². The van der Waals surface area contributed by atoms with Crippen molar-refractivity contribution in [2.24, 2.45) is 17.8 Å². The molecule has 0 spiro atoms. The minimum Gasteiger partial charge on any atom is -1.00 e. The Balaban J connectivity index is 0.00000182. The molecule has 2 saturated carbocycles. The summed E-state index contributed by atoms with van der Waals surface area (Å²) in [7, 11) is 4.95. The first-order valence-electron chi connectivity index (χ1n) is 11.1. The molecule has 2 aliphatic carbocycles. The Morgan fingerprint density at radius 3 is 1.64 bits per heavy atom. The van der Waals surface area contributed by atoms with Crippen molar-refractivity contribution in [2.75, 3.05) is 14.1 Å². The van der Waals surface area contributed by atoms with Gasteiger partial charge in [-0.15, -0.1) is 0 Å². The molecule has 2 bridgehead atoms. The topological polar surface area (TPSA) is 20.2 Å². The largest absolute Gasteiger partial charge is 1.00 e. The lowest BCUT2D eigenvalue weighted by Crippen LogP contribution is -3.00. The lowest BCUT2D eigenvalue weighted by molar-refractivity contribution is -0.950. The lowest BCUT2D eigenvalue weighted by Gasteiger charge is -2.54. The van der Waals surface area contributed by atoms with Gasteiger partial charge in [-0.3, -0.25) is 0 Å². The van der Waals surface area contributed by atoms with E-state index >= 15 is 0 Å². The molecule has 2 saturated heterocycles. The normalized spacial score (nSPS) is 36.4. The smallest absolute Gasteiger partial charge is 0.0891 e. The molecule has 2 aliphatic heterocycles. The molecular weight excluding hydrogens is 421 g/mol. The molecule has 4 aliphatic rings. The molecule has 146 valence electrons. The molecule has 25 heavy (non-hydrogen) atoms. The minimum atomic E-state index is -0.319. The van der Waals surface area contributed by atoms with E-state index in [0.717, 1.165) is 24.4 Å². The van der Waals surface area contributed by atoms with Crippen LogP contribution in [0.5, 0.6) is 0 Å². The van der Waals surface area contributed by atoms with E-state index < -0.39 is 0 Å². The van der Waals surface area contributed by atoms with Crippen molar-refractivity contribution < 1.29 is 33.6 Å². The van der Waals surface area contributed by atoms with Crippen LogP contribution in [0, 0.1) is 17.8 Å². The summed E-state index contributed by atoms with van der Waals surface area (Å²) < 4.78 is 1.27. The van der Waals surface area contributed by atoms with Gasteiger partial charge in [-0.05, 0) is 69.1 Å². The number of hydrogen-bond acceptors (Lipinski definition) is 1. The zero-order valence-electron chi connectivity index (χ0n) is 16.6. The second-order valence-corrected chi connectivity index (χ2v) is 10.4. The van der Waals surface area contributed by atoms with E-state index in [-0.39, 0.29) is 29.6 Å². The Bertz CT molecular complexity index is 407. The summed E-state index contributed by atoms with van der Waals surface area (Å²) in [6.45, 7) is 0. The van der Waals surface area contributed by atoms with Gasteiger partial charge in [0.15, 0.2) is 0 Å². The number of fused-ring (bicyclic) bond motifs is 2. The average molecular weight is 461 g/mol. The van der Waals surface area contributed by atoms with Gasteiger partial charge in [0.05, 0.1) is 31.8 Å². The molecule has 0 amide bonds. The number of rotatable bonds is 4. The van der Waals surface area contributed by atoms with E-state index in [1.165, 1.54) is 88.0 Å². The molecular formula is C22H40INO. The molecule has 0 unspecified atom stereocenters. The standard InChI is InChI=1S/C22H40NO.HI/c1-23(2)20-12-7-13-21(23)15-17(14-20)16-22(24,18-8-3-4-9-18)19-10-5-6-11-19;/h17-21,24H,3-16H2,1-2H3;1H/q+1;/p-1/t17-,20+,21-;. The number of hydrogen-bond donors (Lipinski definition) is 1. The Labute approximate surface area is 172 Å². The van der Waals surface area contributed by atoms with Crippen molar-refractivity contribution in [1.82, 2.24) is 0 Å². The van der Waals surface area contributed by atoms with Crippen LogP contribution in [0.15, 0.2) is 0 Å². The van der Waals surface area contributed by atoms with Crippen molar-refractivity contribution in [3.63, 3.8) is 0 Å². The molecule has 4 rings (SSSR count). The summed E-state index contributed by atoms with van der Waals surface area (Å²) in [5.74, 6) is 2.02. The summed E-state index contributed by atoms with van der Waals surface area (Å²) in [5, 5.41) is 12.0. The first kappa shape index (κ1) is 20.4.